The topological polar surface area (TPSA) is 131 Å². The fourth-order valence-electron chi connectivity index (χ4n) is 5.68. The van der Waals surface area contributed by atoms with Crippen molar-refractivity contribution in [2.45, 2.75) is 77.6 Å². The Kier molecular flexibility index (Phi) is 11.6. The van der Waals surface area contributed by atoms with Crippen molar-refractivity contribution in [1.29, 1.82) is 0 Å². The number of amides is 3. The first-order valence-corrected chi connectivity index (χ1v) is 16.2. The average molecular weight is 688 g/mol. The highest BCUT2D eigenvalue weighted by Crippen LogP contribution is 2.47. The monoisotopic (exact) mass is 686 g/mol. The highest BCUT2D eigenvalue weighted by Gasteiger charge is 2.38. The molecule has 2 unspecified atom stereocenters. The van der Waals surface area contributed by atoms with Crippen LogP contribution in [0.4, 0.5) is 21.0 Å². The number of rotatable bonds is 9. The first-order valence-electron chi connectivity index (χ1n) is 15.5. The predicted octanol–water partition coefficient (Wildman–Crippen LogP) is 7.28. The van der Waals surface area contributed by atoms with E-state index in [1.54, 1.807) is 18.2 Å². The standard InChI is InChI=1S/C34H44Cl2N6O5/c1-8-22-19-41(30-28(35)26(45-6)17-27(46-7)29(30)36)33(44)42(18-21-12-11-13-23(37)16-21)31(22)39-20(2)38-24-14-9-10-15-25(24)40-32(43)47-34(3,4)5/h8,11-13,16-17,24-25,38H,2,9-10,14-15,18-19,37H2,1,3-7H3,(H,40,43)/b22-8-,39-31+. The van der Waals surface area contributed by atoms with E-state index in [4.69, 9.17) is 48.1 Å². The molecule has 4 rings (SSSR count). The highest BCUT2D eigenvalue weighted by molar-refractivity contribution is 6.42. The minimum absolute atomic E-state index is 0.108. The lowest BCUT2D eigenvalue weighted by atomic mass is 9.90. The molecule has 1 heterocycles. The number of methoxy groups -OCH3 is 2. The zero-order valence-corrected chi connectivity index (χ0v) is 29.3. The Labute approximate surface area is 286 Å². The van der Waals surface area contributed by atoms with Gasteiger partial charge in [0, 0.05) is 23.4 Å². The Morgan fingerprint density at radius 3 is 2.26 bits per heavy atom. The number of hydrogen-bond donors (Lipinski definition) is 3. The lowest BCUT2D eigenvalue weighted by Crippen LogP contribution is -2.54. The van der Waals surface area contributed by atoms with Crippen LogP contribution in [0.25, 0.3) is 0 Å². The number of nitrogens with one attached hydrogen (secondary N) is 2. The van der Waals surface area contributed by atoms with Crippen LogP contribution in [0.5, 0.6) is 11.5 Å². The molecule has 4 N–H and O–H groups in total. The lowest BCUT2D eigenvalue weighted by molar-refractivity contribution is 0.0481. The molecule has 13 heteroatoms. The number of ether oxygens (including phenoxy) is 3. The van der Waals surface area contributed by atoms with E-state index >= 15 is 0 Å². The fourth-order valence-corrected chi connectivity index (χ4v) is 6.39. The fraction of sp³-hybridized carbons (Fsp3) is 0.441. The number of urea groups is 1. The largest absolute Gasteiger partial charge is 0.495 e. The van der Waals surface area contributed by atoms with Crippen LogP contribution in [-0.2, 0) is 11.3 Å². The van der Waals surface area contributed by atoms with E-state index < -0.39 is 17.7 Å². The van der Waals surface area contributed by atoms with E-state index in [9.17, 15) is 9.59 Å². The summed E-state index contributed by atoms with van der Waals surface area (Å²) in [6.07, 6.45) is 4.94. The number of nitrogen functional groups attached to an aromatic ring is 1. The molecule has 1 saturated carbocycles. The summed E-state index contributed by atoms with van der Waals surface area (Å²) in [5.74, 6) is 1.36. The molecule has 2 aliphatic rings. The van der Waals surface area contributed by atoms with Crippen molar-refractivity contribution in [2.24, 2.45) is 4.99 Å². The number of aliphatic imine (C=N–C) groups is 1. The second-order valence-corrected chi connectivity index (χ2v) is 13.2. The third kappa shape index (κ3) is 8.64. The molecule has 0 aromatic heterocycles. The normalized spacial score (nSPS) is 20.3. The summed E-state index contributed by atoms with van der Waals surface area (Å²) in [4.78, 5) is 34.9. The third-order valence-corrected chi connectivity index (χ3v) is 8.59. The van der Waals surface area contributed by atoms with Crippen LogP contribution in [0.1, 0.15) is 58.9 Å². The Hall–Kier alpha value is -4.09. The zero-order chi connectivity index (χ0) is 34.5. The lowest BCUT2D eigenvalue weighted by Gasteiger charge is -2.39. The van der Waals surface area contributed by atoms with Gasteiger partial charge in [0.1, 0.15) is 38.8 Å². The van der Waals surface area contributed by atoms with Crippen molar-refractivity contribution in [1.82, 2.24) is 15.5 Å². The molecule has 47 heavy (non-hydrogen) atoms. The molecule has 1 saturated heterocycles. The van der Waals surface area contributed by atoms with Crippen LogP contribution in [0.2, 0.25) is 10.0 Å². The third-order valence-electron chi connectivity index (χ3n) is 7.85. The summed E-state index contributed by atoms with van der Waals surface area (Å²) in [5.41, 5.74) is 7.80. The molecule has 11 nitrogen and oxygen atoms in total. The number of halogens is 2. The number of anilines is 2. The quantitative estimate of drug-likeness (QED) is 0.236. The summed E-state index contributed by atoms with van der Waals surface area (Å²) in [6.45, 7) is 11.8. The van der Waals surface area contributed by atoms with Gasteiger partial charge >= 0.3 is 12.1 Å². The van der Waals surface area contributed by atoms with Crippen LogP contribution in [0.15, 0.2) is 59.4 Å². The van der Waals surface area contributed by atoms with E-state index in [0.717, 1.165) is 36.8 Å². The van der Waals surface area contributed by atoms with E-state index in [1.807, 2.05) is 45.9 Å². The van der Waals surface area contributed by atoms with Gasteiger partial charge in [-0.1, -0.05) is 60.8 Å². The van der Waals surface area contributed by atoms with Gasteiger partial charge in [-0.05, 0) is 58.2 Å². The van der Waals surface area contributed by atoms with Crippen molar-refractivity contribution < 1.29 is 23.8 Å². The number of hydrogen-bond acceptors (Lipinski definition) is 8. The van der Waals surface area contributed by atoms with Crippen molar-refractivity contribution >= 4 is 52.5 Å². The molecule has 2 atom stereocenters. The molecule has 0 bridgehead atoms. The van der Waals surface area contributed by atoms with Gasteiger partial charge in [-0.25, -0.2) is 14.6 Å². The van der Waals surface area contributed by atoms with E-state index in [1.165, 1.54) is 24.0 Å². The van der Waals surface area contributed by atoms with Crippen molar-refractivity contribution in [3.8, 4) is 11.5 Å². The molecular formula is C34H44Cl2N6O5. The Balaban J connectivity index is 1.70. The molecule has 2 fully saturated rings. The number of alkyl carbamates (subject to hydrolysis) is 1. The van der Waals surface area contributed by atoms with Gasteiger partial charge in [0.05, 0.1) is 39.0 Å². The molecule has 1 aliphatic heterocycles. The number of carbonyl (C=O) groups excluding carboxylic acids is 2. The Morgan fingerprint density at radius 2 is 1.70 bits per heavy atom. The molecular weight excluding hydrogens is 643 g/mol. The summed E-state index contributed by atoms with van der Waals surface area (Å²) in [6, 6.07) is 8.11. The number of amidine groups is 1. The summed E-state index contributed by atoms with van der Waals surface area (Å²) in [5, 5.41) is 6.74. The SMILES string of the molecule is C=C(/N=C1\C(=C/C)CN(c2c(Cl)c(OC)cc(OC)c2Cl)C(=O)N1Cc1cccc(N)c1)NC1CCCCC1NC(=O)OC(C)(C)C. The van der Waals surface area contributed by atoms with E-state index in [2.05, 4.69) is 17.2 Å². The molecule has 2 aromatic rings. The van der Waals surface area contributed by atoms with Gasteiger partial charge < -0.3 is 30.6 Å². The predicted molar refractivity (Wildman–Crippen MR) is 188 cm³/mol. The average Bonchev–Trinajstić information content (AvgIpc) is 3.00. The van der Waals surface area contributed by atoms with Crippen LogP contribution in [0.3, 0.4) is 0 Å². The van der Waals surface area contributed by atoms with Gasteiger partial charge in [0.2, 0.25) is 0 Å². The minimum atomic E-state index is -0.612. The molecule has 1 aliphatic carbocycles. The molecule has 254 valence electrons. The van der Waals surface area contributed by atoms with E-state index in [-0.39, 0.29) is 40.9 Å². The maximum atomic E-state index is 14.5. The first-order chi connectivity index (χ1) is 22.3. The number of allylic oxidation sites excluding steroid dienone is 1. The number of nitrogens with two attached hydrogens (primary N) is 1. The van der Waals surface area contributed by atoms with Crippen LogP contribution in [0, 0.1) is 0 Å². The van der Waals surface area contributed by atoms with Crippen LogP contribution in [-0.4, -0.2) is 61.3 Å². The van der Waals surface area contributed by atoms with Crippen molar-refractivity contribution in [3.63, 3.8) is 0 Å². The smallest absolute Gasteiger partial charge is 0.407 e. The number of nitrogens with zero attached hydrogens (tertiary/aromatic N) is 3. The maximum Gasteiger partial charge on any atom is 0.407 e. The maximum absolute atomic E-state index is 14.5. The van der Waals surface area contributed by atoms with Crippen molar-refractivity contribution in [3.05, 3.63) is 70.0 Å². The zero-order valence-electron chi connectivity index (χ0n) is 27.8. The summed E-state index contributed by atoms with van der Waals surface area (Å²) >= 11 is 13.5. The van der Waals surface area contributed by atoms with Crippen LogP contribution >= 0.6 is 23.2 Å². The van der Waals surface area contributed by atoms with Gasteiger partial charge in [0.15, 0.2) is 0 Å². The number of benzene rings is 2. The number of carbonyl (C=O) groups is 2. The van der Waals surface area contributed by atoms with Gasteiger partial charge in [-0.15, -0.1) is 0 Å². The summed E-state index contributed by atoms with van der Waals surface area (Å²) < 4.78 is 16.4. The highest BCUT2D eigenvalue weighted by atomic mass is 35.5. The molecule has 0 spiro atoms. The second kappa shape index (κ2) is 15.2. The molecule has 3 amide bonds. The molecule has 2 aromatic carbocycles. The molecule has 0 radical (unpaired) electrons. The Bertz CT molecular complexity index is 1540. The van der Waals surface area contributed by atoms with Crippen molar-refractivity contribution in [2.75, 3.05) is 31.4 Å². The van der Waals surface area contributed by atoms with Crippen LogP contribution < -0.4 is 30.7 Å². The minimum Gasteiger partial charge on any atom is -0.495 e. The first kappa shape index (κ1) is 35.8. The van der Waals surface area contributed by atoms with E-state index in [0.29, 0.717) is 28.8 Å². The second-order valence-electron chi connectivity index (χ2n) is 12.4. The van der Waals surface area contributed by atoms with Gasteiger partial charge in [-0.3, -0.25) is 9.80 Å². The Morgan fingerprint density at radius 1 is 1.09 bits per heavy atom. The van der Waals surface area contributed by atoms with Gasteiger partial charge in [-0.2, -0.15) is 0 Å². The summed E-state index contributed by atoms with van der Waals surface area (Å²) in [7, 11) is 2.95. The van der Waals surface area contributed by atoms with Gasteiger partial charge in [0.25, 0.3) is 0 Å².